The van der Waals surface area contributed by atoms with E-state index in [2.05, 4.69) is 15.2 Å². The molecule has 13 heteroatoms. The Morgan fingerprint density at radius 2 is 1.43 bits per heavy atom. The first-order chi connectivity index (χ1) is 14.5. The third kappa shape index (κ3) is 9.81. The van der Waals surface area contributed by atoms with E-state index in [1.165, 1.54) is 0 Å². The van der Waals surface area contributed by atoms with Gasteiger partial charge in [0.15, 0.2) is 17.7 Å². The molecular weight excluding hydrogens is 413 g/mol. The Hall–Kier alpha value is -1.09. The van der Waals surface area contributed by atoms with Crippen molar-refractivity contribution in [2.75, 3.05) is 84.0 Å². The summed E-state index contributed by atoms with van der Waals surface area (Å²) in [6, 6.07) is 0. The van der Waals surface area contributed by atoms with Gasteiger partial charge in [0, 0.05) is 31.8 Å². The zero-order valence-electron chi connectivity index (χ0n) is 17.8. The molecule has 2 heterocycles. The Morgan fingerprint density at radius 1 is 0.900 bits per heavy atom. The van der Waals surface area contributed by atoms with E-state index in [4.69, 9.17) is 24.7 Å². The number of rotatable bonds is 16. The molecule has 0 bridgehead atoms. The van der Waals surface area contributed by atoms with E-state index in [1.807, 2.05) is 12.5 Å². The van der Waals surface area contributed by atoms with Gasteiger partial charge in [0.1, 0.15) is 0 Å². The lowest BCUT2D eigenvalue weighted by Crippen LogP contribution is -2.40. The summed E-state index contributed by atoms with van der Waals surface area (Å²) in [6.45, 7) is 7.05. The predicted octanol–water partition coefficient (Wildman–Crippen LogP) is -3.21. The molecule has 1 fully saturated rings. The quantitative estimate of drug-likeness (QED) is 0.204. The molecule has 0 unspecified atom stereocenters. The van der Waals surface area contributed by atoms with Crippen LogP contribution in [-0.4, -0.2) is 120 Å². The molecule has 0 spiro atoms. The molecule has 1 saturated heterocycles. The number of hydrogen-bond acceptors (Lipinski definition) is 10. The molecule has 1 aliphatic rings. The van der Waals surface area contributed by atoms with Crippen LogP contribution >= 0.6 is 0 Å². The van der Waals surface area contributed by atoms with Crippen LogP contribution in [0.25, 0.3) is 0 Å². The fraction of sp³-hybridized carbons (Fsp3) is 0.882. The first kappa shape index (κ1) is 25.2. The standard InChI is InChI=1S/C17H34BN5O6S/c18-17-16(15-22-3-13-30(24,25)14-4-22)20-21-23(17)2-6-27-8-10-29-12-11-28-9-7-26-5-1-19/h1-15,18-19H2. The minimum absolute atomic E-state index is 0.214. The third-order valence-corrected chi connectivity index (χ3v) is 6.32. The van der Waals surface area contributed by atoms with Crippen LogP contribution in [-0.2, 0) is 41.9 Å². The summed E-state index contributed by atoms with van der Waals surface area (Å²) in [5.74, 6) is 0.427. The van der Waals surface area contributed by atoms with Gasteiger partial charge < -0.3 is 24.7 Å². The molecule has 0 atom stereocenters. The van der Waals surface area contributed by atoms with Crippen molar-refractivity contribution in [1.82, 2.24) is 19.9 Å². The smallest absolute Gasteiger partial charge is 0.166 e. The van der Waals surface area contributed by atoms with Crippen molar-refractivity contribution >= 4 is 23.3 Å². The zero-order valence-corrected chi connectivity index (χ0v) is 18.6. The van der Waals surface area contributed by atoms with Crippen LogP contribution in [0.15, 0.2) is 0 Å². The average Bonchev–Trinajstić information content (AvgIpc) is 3.06. The molecule has 11 nitrogen and oxygen atoms in total. The van der Waals surface area contributed by atoms with Gasteiger partial charge in [-0.05, 0) is 0 Å². The van der Waals surface area contributed by atoms with Crippen molar-refractivity contribution in [2.45, 2.75) is 13.1 Å². The van der Waals surface area contributed by atoms with Crippen molar-refractivity contribution in [3.8, 4) is 0 Å². The van der Waals surface area contributed by atoms with E-state index in [-0.39, 0.29) is 11.5 Å². The molecule has 0 radical (unpaired) electrons. The zero-order chi connectivity index (χ0) is 21.7. The van der Waals surface area contributed by atoms with E-state index >= 15 is 0 Å². The summed E-state index contributed by atoms with van der Waals surface area (Å²) in [5.41, 5.74) is 7.18. The number of nitrogens with zero attached hydrogens (tertiary/aromatic N) is 4. The van der Waals surface area contributed by atoms with E-state index in [0.29, 0.717) is 85.6 Å². The second-order valence-corrected chi connectivity index (χ2v) is 9.31. The van der Waals surface area contributed by atoms with Crippen LogP contribution in [0.1, 0.15) is 5.69 Å². The summed E-state index contributed by atoms with van der Waals surface area (Å²) in [7, 11) is -0.897. The van der Waals surface area contributed by atoms with Gasteiger partial charge in [-0.3, -0.25) is 9.58 Å². The predicted molar refractivity (Wildman–Crippen MR) is 114 cm³/mol. The molecule has 30 heavy (non-hydrogen) atoms. The summed E-state index contributed by atoms with van der Waals surface area (Å²) in [5, 5.41) is 8.42. The van der Waals surface area contributed by atoms with Gasteiger partial charge in [0.05, 0.1) is 76.6 Å². The van der Waals surface area contributed by atoms with Crippen molar-refractivity contribution in [3.05, 3.63) is 5.69 Å². The SMILES string of the molecule is Bc1c(CN2CCS(=O)(=O)CC2)nnn1CCOCCOCCOCCOCCN. The lowest BCUT2D eigenvalue weighted by atomic mass is 10.0. The molecule has 1 aliphatic heterocycles. The van der Waals surface area contributed by atoms with Gasteiger partial charge in [-0.2, -0.15) is 0 Å². The first-order valence-corrected chi connectivity index (χ1v) is 12.2. The topological polar surface area (TPSA) is 131 Å². The van der Waals surface area contributed by atoms with Crippen molar-refractivity contribution in [1.29, 1.82) is 0 Å². The number of sulfone groups is 1. The van der Waals surface area contributed by atoms with E-state index in [9.17, 15) is 8.42 Å². The molecule has 172 valence electrons. The highest BCUT2D eigenvalue weighted by Crippen LogP contribution is 2.06. The normalized spacial score (nSPS) is 16.8. The number of nitrogens with two attached hydrogens (primary N) is 1. The Balaban J connectivity index is 1.49. The molecule has 2 N–H and O–H groups in total. The van der Waals surface area contributed by atoms with Gasteiger partial charge in [0.2, 0.25) is 0 Å². The van der Waals surface area contributed by atoms with Crippen molar-refractivity contribution in [3.63, 3.8) is 0 Å². The molecule has 0 amide bonds. The maximum atomic E-state index is 11.5. The van der Waals surface area contributed by atoms with Gasteiger partial charge in [-0.25, -0.2) is 8.42 Å². The highest BCUT2D eigenvalue weighted by molar-refractivity contribution is 7.91. The Labute approximate surface area is 179 Å². The summed E-state index contributed by atoms with van der Waals surface area (Å²) < 4.78 is 46.5. The molecule has 0 saturated carbocycles. The van der Waals surface area contributed by atoms with Crippen LogP contribution in [0.2, 0.25) is 0 Å². The van der Waals surface area contributed by atoms with Crippen molar-refractivity contribution < 1.29 is 27.4 Å². The van der Waals surface area contributed by atoms with Gasteiger partial charge in [-0.15, -0.1) is 5.10 Å². The maximum Gasteiger partial charge on any atom is 0.166 e. The number of hydrogen-bond donors (Lipinski definition) is 1. The second kappa shape index (κ2) is 14.1. The Morgan fingerprint density at radius 3 is 2.00 bits per heavy atom. The van der Waals surface area contributed by atoms with Gasteiger partial charge in [-0.1, -0.05) is 5.21 Å². The van der Waals surface area contributed by atoms with Crippen molar-refractivity contribution in [2.24, 2.45) is 5.73 Å². The van der Waals surface area contributed by atoms with E-state index in [0.717, 1.165) is 11.3 Å². The van der Waals surface area contributed by atoms with Gasteiger partial charge in [0.25, 0.3) is 0 Å². The minimum Gasteiger partial charge on any atom is -0.378 e. The number of ether oxygens (including phenoxy) is 4. The molecule has 2 rings (SSSR count). The first-order valence-electron chi connectivity index (χ1n) is 10.3. The van der Waals surface area contributed by atoms with Crippen LogP contribution in [0.3, 0.4) is 0 Å². The lowest BCUT2D eigenvalue weighted by Gasteiger charge is -2.25. The molecule has 1 aromatic heterocycles. The molecular formula is C17H34BN5O6S. The van der Waals surface area contributed by atoms with Crippen LogP contribution in [0.4, 0.5) is 0 Å². The van der Waals surface area contributed by atoms with Gasteiger partial charge >= 0.3 is 0 Å². The van der Waals surface area contributed by atoms with Crippen LogP contribution < -0.4 is 11.3 Å². The lowest BCUT2D eigenvalue weighted by molar-refractivity contribution is -0.00194. The molecule has 0 aromatic carbocycles. The summed E-state index contributed by atoms with van der Waals surface area (Å²) in [4.78, 5) is 2.10. The molecule has 0 aliphatic carbocycles. The second-order valence-electron chi connectivity index (χ2n) is 7.01. The van der Waals surface area contributed by atoms with Crippen LogP contribution in [0, 0.1) is 0 Å². The fourth-order valence-corrected chi connectivity index (χ4v) is 4.15. The Bertz CT molecular complexity index is 691. The maximum absolute atomic E-state index is 11.5. The van der Waals surface area contributed by atoms with E-state index in [1.54, 1.807) is 0 Å². The highest BCUT2D eigenvalue weighted by Gasteiger charge is 2.23. The van der Waals surface area contributed by atoms with E-state index < -0.39 is 9.84 Å². The number of aromatic nitrogens is 3. The summed E-state index contributed by atoms with van der Waals surface area (Å²) >= 11 is 0. The largest absolute Gasteiger partial charge is 0.378 e. The fourth-order valence-electron chi connectivity index (χ4n) is 2.87. The average molecular weight is 447 g/mol. The van der Waals surface area contributed by atoms with Crippen LogP contribution in [0.5, 0.6) is 0 Å². The summed E-state index contributed by atoms with van der Waals surface area (Å²) in [6.07, 6.45) is 0. The highest BCUT2D eigenvalue weighted by atomic mass is 32.2. The molecule has 1 aromatic rings. The minimum atomic E-state index is -2.87. The Kier molecular flexibility index (Phi) is 11.8. The third-order valence-electron chi connectivity index (χ3n) is 4.71. The monoisotopic (exact) mass is 447 g/mol.